The van der Waals surface area contributed by atoms with E-state index >= 15 is 0 Å². The van der Waals surface area contributed by atoms with Gasteiger partial charge in [0.05, 0.1) is 0 Å². The van der Waals surface area contributed by atoms with Gasteiger partial charge in [-0.1, -0.05) is 27.8 Å². The number of hydrogen-bond acceptors (Lipinski definition) is 2. The van der Waals surface area contributed by atoms with Crippen molar-refractivity contribution in [1.82, 2.24) is 4.98 Å². The number of alkyl halides is 1. The predicted molar refractivity (Wildman–Crippen MR) is 54.2 cm³/mol. The van der Waals surface area contributed by atoms with Gasteiger partial charge in [0.25, 0.3) is 0 Å². The van der Waals surface area contributed by atoms with E-state index in [2.05, 4.69) is 32.8 Å². The van der Waals surface area contributed by atoms with E-state index in [9.17, 15) is 0 Å². The van der Waals surface area contributed by atoms with E-state index in [1.54, 1.807) is 18.3 Å². The molecular formula is C10H7BrN2. The van der Waals surface area contributed by atoms with E-state index in [1.165, 1.54) is 0 Å². The molecule has 0 N–H and O–H groups in total. The summed E-state index contributed by atoms with van der Waals surface area (Å²) in [4.78, 5) is 3.85. The van der Waals surface area contributed by atoms with Crippen LogP contribution in [0, 0.1) is 23.2 Å². The third kappa shape index (κ3) is 3.27. The maximum absolute atomic E-state index is 8.57. The van der Waals surface area contributed by atoms with E-state index < -0.39 is 0 Å². The number of nitrogens with zero attached hydrogens (tertiary/aromatic N) is 2. The smallest absolute Gasteiger partial charge is 0.141 e. The number of aromatic nitrogens is 1. The van der Waals surface area contributed by atoms with Gasteiger partial charge in [-0.05, 0) is 12.1 Å². The minimum atomic E-state index is 0.408. The second kappa shape index (κ2) is 5.35. The molecular weight excluding hydrogens is 228 g/mol. The van der Waals surface area contributed by atoms with E-state index in [-0.39, 0.29) is 0 Å². The first kappa shape index (κ1) is 9.77. The number of pyridine rings is 1. The largest absolute Gasteiger partial charge is 0.245 e. The number of hydrogen-bond donors (Lipinski definition) is 0. The minimum Gasteiger partial charge on any atom is -0.245 e. The average molecular weight is 235 g/mol. The van der Waals surface area contributed by atoms with Crippen molar-refractivity contribution in [3.05, 3.63) is 29.6 Å². The summed E-state index contributed by atoms with van der Waals surface area (Å²) in [5.41, 5.74) is 1.25. The summed E-state index contributed by atoms with van der Waals surface area (Å²) in [5.74, 6) is 5.92. The fourth-order valence-electron chi connectivity index (χ4n) is 0.781. The van der Waals surface area contributed by atoms with Crippen molar-refractivity contribution >= 4 is 15.9 Å². The molecule has 0 aliphatic carbocycles. The van der Waals surface area contributed by atoms with Crippen LogP contribution in [-0.4, -0.2) is 10.3 Å². The standard InChI is InChI=1S/C10H7BrN2/c11-5-2-1-3-9-4-6-13-10(7-9)8-12/h4,6-7H,2,5H2. The lowest BCUT2D eigenvalue weighted by atomic mass is 10.2. The maximum Gasteiger partial charge on any atom is 0.141 e. The monoisotopic (exact) mass is 234 g/mol. The van der Waals surface area contributed by atoms with Gasteiger partial charge in [-0.3, -0.25) is 0 Å². The van der Waals surface area contributed by atoms with Crippen molar-refractivity contribution in [3.63, 3.8) is 0 Å². The molecule has 1 rings (SSSR count). The Morgan fingerprint density at radius 3 is 3.08 bits per heavy atom. The molecule has 0 amide bonds. The van der Waals surface area contributed by atoms with Gasteiger partial charge in [-0.15, -0.1) is 0 Å². The average Bonchev–Trinajstić information content (AvgIpc) is 2.19. The summed E-state index contributed by atoms with van der Waals surface area (Å²) < 4.78 is 0. The van der Waals surface area contributed by atoms with Crippen LogP contribution in [0.4, 0.5) is 0 Å². The van der Waals surface area contributed by atoms with Gasteiger partial charge >= 0.3 is 0 Å². The maximum atomic E-state index is 8.57. The first-order chi connectivity index (χ1) is 6.36. The Morgan fingerprint density at radius 1 is 1.54 bits per heavy atom. The van der Waals surface area contributed by atoms with Crippen molar-refractivity contribution in [2.45, 2.75) is 6.42 Å². The first-order valence-corrected chi connectivity index (χ1v) is 4.90. The highest BCUT2D eigenvalue weighted by Gasteiger charge is 1.91. The van der Waals surface area contributed by atoms with E-state index in [0.29, 0.717) is 5.69 Å². The summed E-state index contributed by atoms with van der Waals surface area (Å²) >= 11 is 3.28. The molecule has 1 aromatic rings. The highest BCUT2D eigenvalue weighted by atomic mass is 79.9. The molecule has 13 heavy (non-hydrogen) atoms. The molecule has 0 aliphatic heterocycles. The fraction of sp³-hybridized carbons (Fsp3) is 0.200. The first-order valence-electron chi connectivity index (χ1n) is 3.78. The number of nitriles is 1. The summed E-state index contributed by atoms with van der Waals surface area (Å²) in [6.45, 7) is 0. The molecule has 0 radical (unpaired) electrons. The number of halogens is 1. The Morgan fingerprint density at radius 2 is 2.38 bits per heavy atom. The molecule has 64 valence electrons. The van der Waals surface area contributed by atoms with E-state index in [4.69, 9.17) is 5.26 Å². The van der Waals surface area contributed by atoms with Crippen LogP contribution in [0.1, 0.15) is 17.7 Å². The topological polar surface area (TPSA) is 36.7 Å². The quantitative estimate of drug-likeness (QED) is 0.552. The molecule has 3 heteroatoms. The van der Waals surface area contributed by atoms with Crippen molar-refractivity contribution in [3.8, 4) is 17.9 Å². The molecule has 0 fully saturated rings. The summed E-state index contributed by atoms with van der Waals surface area (Å²) in [5, 5.41) is 9.44. The molecule has 0 aromatic carbocycles. The second-order valence-corrected chi connectivity index (χ2v) is 3.08. The Kier molecular flexibility index (Phi) is 4.02. The zero-order valence-corrected chi connectivity index (χ0v) is 8.50. The van der Waals surface area contributed by atoms with Gasteiger partial charge in [0, 0.05) is 23.5 Å². The molecule has 0 spiro atoms. The van der Waals surface area contributed by atoms with Gasteiger partial charge < -0.3 is 0 Å². The Bertz CT molecular complexity index is 382. The molecule has 2 nitrogen and oxygen atoms in total. The third-order valence-electron chi connectivity index (χ3n) is 1.33. The van der Waals surface area contributed by atoms with Crippen LogP contribution in [0.5, 0.6) is 0 Å². The van der Waals surface area contributed by atoms with Crippen LogP contribution >= 0.6 is 15.9 Å². The normalized spacial score (nSPS) is 8.31. The third-order valence-corrected chi connectivity index (χ3v) is 1.72. The second-order valence-electron chi connectivity index (χ2n) is 2.28. The highest BCUT2D eigenvalue weighted by molar-refractivity contribution is 9.09. The Hall–Kier alpha value is -1.32. The van der Waals surface area contributed by atoms with Gasteiger partial charge in [0.15, 0.2) is 0 Å². The van der Waals surface area contributed by atoms with Crippen molar-refractivity contribution in [2.75, 3.05) is 5.33 Å². The molecule has 0 saturated heterocycles. The van der Waals surface area contributed by atoms with Gasteiger partial charge in [0.2, 0.25) is 0 Å². The number of rotatable bonds is 1. The fourth-order valence-corrected chi connectivity index (χ4v) is 0.979. The zero-order valence-electron chi connectivity index (χ0n) is 6.92. The Balaban J connectivity index is 2.81. The lowest BCUT2D eigenvalue weighted by Gasteiger charge is -1.89. The Labute approximate surface area is 85.7 Å². The van der Waals surface area contributed by atoms with Crippen LogP contribution in [0.2, 0.25) is 0 Å². The van der Waals surface area contributed by atoms with Crippen molar-refractivity contribution < 1.29 is 0 Å². The summed E-state index contributed by atoms with van der Waals surface area (Å²) in [6.07, 6.45) is 2.40. The van der Waals surface area contributed by atoms with Crippen LogP contribution in [0.3, 0.4) is 0 Å². The SMILES string of the molecule is N#Cc1cc(C#CCCBr)ccn1. The van der Waals surface area contributed by atoms with Crippen LogP contribution in [0.25, 0.3) is 0 Å². The van der Waals surface area contributed by atoms with Crippen molar-refractivity contribution in [2.24, 2.45) is 0 Å². The van der Waals surface area contributed by atoms with Gasteiger partial charge in [0.1, 0.15) is 11.8 Å². The van der Waals surface area contributed by atoms with Crippen LogP contribution < -0.4 is 0 Å². The summed E-state index contributed by atoms with van der Waals surface area (Å²) in [6, 6.07) is 5.45. The molecule has 0 bridgehead atoms. The highest BCUT2D eigenvalue weighted by Crippen LogP contribution is 1.98. The van der Waals surface area contributed by atoms with Gasteiger partial charge in [-0.25, -0.2) is 4.98 Å². The lowest BCUT2D eigenvalue weighted by Crippen LogP contribution is -1.82. The van der Waals surface area contributed by atoms with Crippen LogP contribution in [-0.2, 0) is 0 Å². The zero-order chi connectivity index (χ0) is 9.52. The molecule has 1 aromatic heterocycles. The lowest BCUT2D eigenvalue weighted by molar-refractivity contribution is 1.25. The van der Waals surface area contributed by atoms with Crippen LogP contribution in [0.15, 0.2) is 18.3 Å². The molecule has 0 unspecified atom stereocenters. The predicted octanol–water partition coefficient (Wildman–Crippen LogP) is 2.09. The molecule has 1 heterocycles. The minimum absolute atomic E-state index is 0.408. The van der Waals surface area contributed by atoms with Crippen molar-refractivity contribution in [1.29, 1.82) is 5.26 Å². The molecule has 0 saturated carbocycles. The molecule has 0 aliphatic rings. The summed E-state index contributed by atoms with van der Waals surface area (Å²) in [7, 11) is 0. The van der Waals surface area contributed by atoms with E-state index in [1.807, 2.05) is 6.07 Å². The molecule has 0 atom stereocenters. The van der Waals surface area contributed by atoms with E-state index in [0.717, 1.165) is 17.3 Å². The van der Waals surface area contributed by atoms with Gasteiger partial charge in [-0.2, -0.15) is 5.26 Å².